The lowest BCUT2D eigenvalue weighted by molar-refractivity contribution is -0.0498. The van der Waals surface area contributed by atoms with Crippen LogP contribution >= 0.6 is 0 Å². The molecule has 0 saturated carbocycles. The molecule has 3 nitrogen and oxygen atoms in total. The van der Waals surface area contributed by atoms with Crippen LogP contribution < -0.4 is 10.1 Å². The van der Waals surface area contributed by atoms with E-state index in [-0.39, 0.29) is 17.6 Å². The van der Waals surface area contributed by atoms with Crippen molar-refractivity contribution < 1.29 is 17.9 Å². The molecule has 0 aliphatic carbocycles. The van der Waals surface area contributed by atoms with Crippen molar-refractivity contribution in [3.8, 4) is 5.75 Å². The zero-order chi connectivity index (χ0) is 15.2. The van der Waals surface area contributed by atoms with E-state index < -0.39 is 6.61 Å². The molecule has 0 radical (unpaired) electrons. The summed E-state index contributed by atoms with van der Waals surface area (Å²) in [5, 5.41) is 3.22. The molecule has 0 aliphatic heterocycles. The standard InChI is InChI=1S/C15H15F3N2O/c1-2-13(14-8-3-10(16)9-19-14)20-11-4-6-12(7-5-11)21-15(17)18/h3-9,13,15,20H,2H2,1H3. The van der Waals surface area contributed by atoms with Crippen LogP contribution in [0.3, 0.4) is 0 Å². The number of benzene rings is 1. The SMILES string of the molecule is CCC(Nc1ccc(OC(F)F)cc1)c1ccc(F)cn1. The molecule has 1 atom stereocenters. The minimum Gasteiger partial charge on any atom is -0.435 e. The van der Waals surface area contributed by atoms with E-state index in [9.17, 15) is 13.2 Å². The van der Waals surface area contributed by atoms with Gasteiger partial charge in [-0.05, 0) is 42.8 Å². The molecule has 2 rings (SSSR count). The van der Waals surface area contributed by atoms with Crippen molar-refractivity contribution in [2.75, 3.05) is 5.32 Å². The first-order valence-corrected chi connectivity index (χ1v) is 6.51. The number of hydrogen-bond donors (Lipinski definition) is 1. The molecule has 112 valence electrons. The van der Waals surface area contributed by atoms with Crippen LogP contribution in [0.5, 0.6) is 5.75 Å². The van der Waals surface area contributed by atoms with Crippen molar-refractivity contribution >= 4 is 5.69 Å². The number of rotatable bonds is 6. The molecule has 6 heteroatoms. The van der Waals surface area contributed by atoms with E-state index in [1.807, 2.05) is 6.92 Å². The Morgan fingerprint density at radius 2 is 1.86 bits per heavy atom. The van der Waals surface area contributed by atoms with Gasteiger partial charge in [-0.25, -0.2) is 4.39 Å². The second kappa shape index (κ2) is 6.97. The monoisotopic (exact) mass is 296 g/mol. The fourth-order valence-electron chi connectivity index (χ4n) is 1.91. The highest BCUT2D eigenvalue weighted by molar-refractivity contribution is 5.47. The lowest BCUT2D eigenvalue weighted by atomic mass is 10.1. The van der Waals surface area contributed by atoms with E-state index in [4.69, 9.17) is 0 Å². The van der Waals surface area contributed by atoms with E-state index in [1.165, 1.54) is 24.4 Å². The van der Waals surface area contributed by atoms with Gasteiger partial charge in [-0.2, -0.15) is 8.78 Å². The molecular formula is C15H15F3N2O. The van der Waals surface area contributed by atoms with Gasteiger partial charge in [0, 0.05) is 5.69 Å². The lowest BCUT2D eigenvalue weighted by Gasteiger charge is -2.18. The molecule has 0 saturated heterocycles. The predicted molar refractivity (Wildman–Crippen MR) is 73.9 cm³/mol. The molecule has 1 unspecified atom stereocenters. The van der Waals surface area contributed by atoms with E-state index >= 15 is 0 Å². The second-order valence-corrected chi connectivity index (χ2v) is 4.41. The number of pyridine rings is 1. The summed E-state index contributed by atoms with van der Waals surface area (Å²) in [6, 6.07) is 9.08. The fourth-order valence-corrected chi connectivity index (χ4v) is 1.91. The van der Waals surface area contributed by atoms with Crippen LogP contribution in [0, 0.1) is 5.82 Å². The Morgan fingerprint density at radius 1 is 1.14 bits per heavy atom. The molecule has 1 aromatic carbocycles. The van der Waals surface area contributed by atoms with E-state index in [1.54, 1.807) is 18.2 Å². The summed E-state index contributed by atoms with van der Waals surface area (Å²) in [5.41, 5.74) is 1.46. The number of ether oxygens (including phenoxy) is 1. The van der Waals surface area contributed by atoms with Crippen LogP contribution in [0.4, 0.5) is 18.9 Å². The maximum Gasteiger partial charge on any atom is 0.387 e. The Labute approximate surface area is 120 Å². The van der Waals surface area contributed by atoms with Gasteiger partial charge in [0.1, 0.15) is 11.6 Å². The molecule has 1 heterocycles. The molecule has 0 fully saturated rings. The van der Waals surface area contributed by atoms with Crippen LogP contribution in [-0.2, 0) is 0 Å². The van der Waals surface area contributed by atoms with Crippen LogP contribution in [0.25, 0.3) is 0 Å². The normalized spacial score (nSPS) is 12.2. The van der Waals surface area contributed by atoms with Crippen molar-refractivity contribution in [3.05, 3.63) is 54.1 Å². The van der Waals surface area contributed by atoms with Gasteiger partial charge >= 0.3 is 6.61 Å². The van der Waals surface area contributed by atoms with Crippen molar-refractivity contribution in [3.63, 3.8) is 0 Å². The van der Waals surface area contributed by atoms with Crippen molar-refractivity contribution in [1.29, 1.82) is 0 Å². The summed E-state index contributed by atoms with van der Waals surface area (Å²) >= 11 is 0. The summed E-state index contributed by atoms with van der Waals surface area (Å²) in [5.74, 6) is -0.286. The number of nitrogens with one attached hydrogen (secondary N) is 1. The Hall–Kier alpha value is -2.24. The summed E-state index contributed by atoms with van der Waals surface area (Å²) in [6.07, 6.45) is 1.91. The summed E-state index contributed by atoms with van der Waals surface area (Å²) in [6.45, 7) is -0.868. The van der Waals surface area contributed by atoms with Crippen LogP contribution in [0.2, 0.25) is 0 Å². The highest BCUT2D eigenvalue weighted by Gasteiger charge is 2.11. The summed E-state index contributed by atoms with van der Waals surface area (Å²) in [4.78, 5) is 4.04. The predicted octanol–water partition coefficient (Wildman–Crippen LogP) is 4.39. The van der Waals surface area contributed by atoms with Gasteiger partial charge in [-0.15, -0.1) is 0 Å². The number of nitrogens with zero attached hydrogens (tertiary/aromatic N) is 1. The summed E-state index contributed by atoms with van der Waals surface area (Å²) in [7, 11) is 0. The molecule has 21 heavy (non-hydrogen) atoms. The fraction of sp³-hybridized carbons (Fsp3) is 0.267. The number of alkyl halides is 2. The maximum absolute atomic E-state index is 12.9. The highest BCUT2D eigenvalue weighted by Crippen LogP contribution is 2.23. The third-order valence-electron chi connectivity index (χ3n) is 2.94. The Bertz CT molecular complexity index is 558. The second-order valence-electron chi connectivity index (χ2n) is 4.41. The van der Waals surface area contributed by atoms with Gasteiger partial charge in [0.15, 0.2) is 0 Å². The van der Waals surface area contributed by atoms with E-state index in [2.05, 4.69) is 15.0 Å². The van der Waals surface area contributed by atoms with Crippen molar-refractivity contribution in [2.24, 2.45) is 0 Å². The van der Waals surface area contributed by atoms with E-state index in [0.29, 0.717) is 5.69 Å². The zero-order valence-electron chi connectivity index (χ0n) is 11.4. The zero-order valence-corrected chi connectivity index (χ0v) is 11.4. The van der Waals surface area contributed by atoms with Gasteiger partial charge in [0.25, 0.3) is 0 Å². The average Bonchev–Trinajstić information content (AvgIpc) is 2.47. The van der Waals surface area contributed by atoms with E-state index in [0.717, 1.165) is 12.1 Å². The minimum atomic E-state index is -2.84. The largest absolute Gasteiger partial charge is 0.435 e. The topological polar surface area (TPSA) is 34.1 Å². The van der Waals surface area contributed by atoms with Crippen LogP contribution in [-0.4, -0.2) is 11.6 Å². The van der Waals surface area contributed by atoms with Crippen molar-refractivity contribution in [1.82, 2.24) is 4.98 Å². The molecule has 1 aromatic heterocycles. The number of aromatic nitrogens is 1. The molecule has 2 aromatic rings. The highest BCUT2D eigenvalue weighted by atomic mass is 19.3. The first kappa shape index (κ1) is 15.2. The lowest BCUT2D eigenvalue weighted by Crippen LogP contribution is -2.11. The number of halogens is 3. The molecule has 0 spiro atoms. The number of anilines is 1. The van der Waals surface area contributed by atoms with Gasteiger partial charge in [-0.1, -0.05) is 6.92 Å². The van der Waals surface area contributed by atoms with Gasteiger partial charge in [0.05, 0.1) is 17.9 Å². The number of hydrogen-bond acceptors (Lipinski definition) is 3. The Kier molecular flexibility index (Phi) is 5.03. The molecule has 0 bridgehead atoms. The molecule has 0 amide bonds. The Balaban J connectivity index is 2.06. The minimum absolute atomic E-state index is 0.0903. The van der Waals surface area contributed by atoms with Crippen LogP contribution in [0.15, 0.2) is 42.6 Å². The Morgan fingerprint density at radius 3 is 2.38 bits per heavy atom. The first-order valence-electron chi connectivity index (χ1n) is 6.51. The average molecular weight is 296 g/mol. The smallest absolute Gasteiger partial charge is 0.387 e. The van der Waals surface area contributed by atoms with Crippen molar-refractivity contribution in [2.45, 2.75) is 26.0 Å². The quantitative estimate of drug-likeness (QED) is 0.858. The van der Waals surface area contributed by atoms with Gasteiger partial charge in [0.2, 0.25) is 0 Å². The third-order valence-corrected chi connectivity index (χ3v) is 2.94. The molecular weight excluding hydrogens is 281 g/mol. The van der Waals surface area contributed by atoms with Crippen LogP contribution in [0.1, 0.15) is 25.1 Å². The first-order chi connectivity index (χ1) is 10.1. The molecule has 1 N–H and O–H groups in total. The van der Waals surface area contributed by atoms with Gasteiger partial charge < -0.3 is 10.1 Å². The maximum atomic E-state index is 12.9. The summed E-state index contributed by atoms with van der Waals surface area (Å²) < 4.78 is 41.3. The van der Waals surface area contributed by atoms with Gasteiger partial charge in [-0.3, -0.25) is 4.98 Å². The third kappa shape index (κ3) is 4.37. The molecule has 0 aliphatic rings.